The molecule has 27 heavy (non-hydrogen) atoms. The summed E-state index contributed by atoms with van der Waals surface area (Å²) in [6.07, 6.45) is 9.26. The summed E-state index contributed by atoms with van der Waals surface area (Å²) in [5, 5.41) is 9.19. The van der Waals surface area contributed by atoms with Crippen molar-refractivity contribution < 1.29 is 4.79 Å². The van der Waals surface area contributed by atoms with Crippen LogP contribution < -0.4 is 5.32 Å². The molecule has 3 aliphatic carbocycles. The van der Waals surface area contributed by atoms with Gasteiger partial charge in [0.25, 0.3) is 5.91 Å². The van der Waals surface area contributed by atoms with Crippen LogP contribution in [0.25, 0.3) is 5.69 Å². The molecule has 2 fully saturated rings. The second-order valence-corrected chi connectivity index (χ2v) is 9.01. The predicted molar refractivity (Wildman–Crippen MR) is 107 cm³/mol. The Morgan fingerprint density at radius 3 is 2.63 bits per heavy atom. The first kappa shape index (κ1) is 17.6. The van der Waals surface area contributed by atoms with E-state index >= 15 is 0 Å². The summed E-state index contributed by atoms with van der Waals surface area (Å²) in [7, 11) is 0. The molecule has 3 aliphatic rings. The van der Waals surface area contributed by atoms with E-state index in [0.717, 1.165) is 43.4 Å². The van der Waals surface area contributed by atoms with Crippen LogP contribution >= 0.6 is 23.2 Å². The van der Waals surface area contributed by atoms with Gasteiger partial charge in [-0.25, -0.2) is 4.68 Å². The van der Waals surface area contributed by atoms with Crippen LogP contribution in [0.2, 0.25) is 10.0 Å². The summed E-state index contributed by atoms with van der Waals surface area (Å²) in [4.78, 5) is 13.1. The largest absolute Gasteiger partial charge is 0.348 e. The zero-order chi connectivity index (χ0) is 18.5. The molecule has 0 spiro atoms. The van der Waals surface area contributed by atoms with Gasteiger partial charge in [0.15, 0.2) is 5.69 Å². The van der Waals surface area contributed by atoms with Gasteiger partial charge in [-0.3, -0.25) is 4.79 Å². The third-order valence-corrected chi connectivity index (χ3v) is 7.02. The smallest absolute Gasteiger partial charge is 0.272 e. The third-order valence-electron chi connectivity index (χ3n) is 6.48. The highest BCUT2D eigenvalue weighted by Gasteiger charge is 2.44. The molecule has 1 aromatic carbocycles. The van der Waals surface area contributed by atoms with Crippen LogP contribution in [0.5, 0.6) is 0 Å². The Balaban J connectivity index is 1.55. The van der Waals surface area contributed by atoms with E-state index in [9.17, 15) is 4.79 Å². The van der Waals surface area contributed by atoms with E-state index in [2.05, 4.69) is 5.32 Å². The molecule has 2 unspecified atom stereocenters. The molecule has 1 heterocycles. The van der Waals surface area contributed by atoms with Gasteiger partial charge in [0.1, 0.15) is 0 Å². The lowest BCUT2D eigenvalue weighted by Crippen LogP contribution is -2.36. The maximum Gasteiger partial charge on any atom is 0.272 e. The zero-order valence-electron chi connectivity index (χ0n) is 15.2. The van der Waals surface area contributed by atoms with Crippen molar-refractivity contribution in [2.24, 2.45) is 0 Å². The van der Waals surface area contributed by atoms with Crippen molar-refractivity contribution >= 4 is 29.1 Å². The van der Waals surface area contributed by atoms with Crippen molar-refractivity contribution in [2.75, 3.05) is 0 Å². The van der Waals surface area contributed by atoms with Crippen molar-refractivity contribution in [2.45, 2.75) is 69.2 Å². The lowest BCUT2D eigenvalue weighted by atomic mass is 9.93. The summed E-state index contributed by atoms with van der Waals surface area (Å²) >= 11 is 12.5. The molecule has 4 nitrogen and oxygen atoms in total. The molecule has 2 bridgehead atoms. The minimum atomic E-state index is -0.0189. The van der Waals surface area contributed by atoms with E-state index in [0.29, 0.717) is 27.6 Å². The van der Waals surface area contributed by atoms with Crippen molar-refractivity contribution in [1.29, 1.82) is 0 Å². The zero-order valence-corrected chi connectivity index (χ0v) is 16.7. The normalized spacial score (nSPS) is 24.2. The van der Waals surface area contributed by atoms with Gasteiger partial charge < -0.3 is 5.32 Å². The molecule has 1 aromatic heterocycles. The highest BCUT2D eigenvalue weighted by molar-refractivity contribution is 6.35. The van der Waals surface area contributed by atoms with E-state index in [1.807, 2.05) is 16.8 Å². The Bertz CT molecular complexity index is 901. The van der Waals surface area contributed by atoms with Gasteiger partial charge in [-0.1, -0.05) is 42.5 Å². The predicted octanol–water partition coefficient (Wildman–Crippen LogP) is 5.61. The fourth-order valence-corrected chi connectivity index (χ4v) is 5.72. The molecule has 0 saturated heterocycles. The maximum absolute atomic E-state index is 13.1. The van der Waals surface area contributed by atoms with Gasteiger partial charge >= 0.3 is 0 Å². The Morgan fingerprint density at radius 2 is 1.85 bits per heavy atom. The SMILES string of the molecule is O=C(NC1CCCCC1)c1nn(-c2ccc(Cl)cc2Cl)c2c1C1CCC2C1. The molecule has 2 aromatic rings. The molecule has 142 valence electrons. The highest BCUT2D eigenvalue weighted by atomic mass is 35.5. The van der Waals surface area contributed by atoms with E-state index < -0.39 is 0 Å². The number of halogens is 2. The van der Waals surface area contributed by atoms with Gasteiger partial charge in [-0.2, -0.15) is 5.10 Å². The number of benzene rings is 1. The van der Waals surface area contributed by atoms with Crippen molar-refractivity contribution in [3.8, 4) is 5.69 Å². The monoisotopic (exact) mass is 403 g/mol. The van der Waals surface area contributed by atoms with Crippen LogP contribution in [0, 0.1) is 0 Å². The van der Waals surface area contributed by atoms with Crippen LogP contribution in [0.1, 0.15) is 84.9 Å². The Hall–Kier alpha value is -1.52. The highest BCUT2D eigenvalue weighted by Crippen LogP contribution is 2.54. The standard InChI is InChI=1S/C21H23Cl2N3O/c22-14-8-9-17(16(23)11-14)26-20-13-7-6-12(10-13)18(20)19(25-26)21(27)24-15-4-2-1-3-5-15/h8-9,11-13,15H,1-7,10H2,(H,24,27). The second-order valence-electron chi connectivity index (χ2n) is 8.17. The van der Waals surface area contributed by atoms with E-state index in [-0.39, 0.29) is 11.9 Å². The van der Waals surface area contributed by atoms with Crippen LogP contribution in [0.15, 0.2) is 18.2 Å². The molecule has 0 radical (unpaired) electrons. The summed E-state index contributed by atoms with van der Waals surface area (Å²) in [6.45, 7) is 0. The number of rotatable bonds is 3. The van der Waals surface area contributed by atoms with Crippen molar-refractivity contribution in [3.63, 3.8) is 0 Å². The molecule has 2 atom stereocenters. The van der Waals surface area contributed by atoms with E-state index in [1.165, 1.54) is 25.0 Å². The van der Waals surface area contributed by atoms with Gasteiger partial charge in [0.2, 0.25) is 0 Å². The van der Waals surface area contributed by atoms with Gasteiger partial charge in [0.05, 0.1) is 16.4 Å². The lowest BCUT2D eigenvalue weighted by Gasteiger charge is -2.22. The molecule has 1 amide bonds. The summed E-state index contributed by atoms with van der Waals surface area (Å²) < 4.78 is 1.91. The fraction of sp³-hybridized carbons (Fsp3) is 0.524. The first-order valence-electron chi connectivity index (χ1n) is 10.0. The van der Waals surface area contributed by atoms with Crippen LogP contribution in [-0.2, 0) is 0 Å². The van der Waals surface area contributed by atoms with Gasteiger partial charge in [0, 0.05) is 22.5 Å². The lowest BCUT2D eigenvalue weighted by molar-refractivity contribution is 0.0921. The minimum absolute atomic E-state index is 0.0189. The Labute approximate surface area is 169 Å². The van der Waals surface area contributed by atoms with Crippen molar-refractivity contribution in [1.82, 2.24) is 15.1 Å². The molecule has 2 saturated carbocycles. The van der Waals surface area contributed by atoms with Crippen LogP contribution in [0.4, 0.5) is 0 Å². The van der Waals surface area contributed by atoms with Gasteiger partial charge in [-0.05, 0) is 56.2 Å². The number of nitrogens with zero attached hydrogens (tertiary/aromatic N) is 2. The summed E-state index contributed by atoms with van der Waals surface area (Å²) in [6, 6.07) is 5.74. The maximum atomic E-state index is 13.1. The summed E-state index contributed by atoms with van der Waals surface area (Å²) in [5.74, 6) is 0.909. The Kier molecular flexibility index (Phi) is 4.44. The first-order valence-corrected chi connectivity index (χ1v) is 10.8. The quantitative estimate of drug-likeness (QED) is 0.723. The number of aromatic nitrogens is 2. The first-order chi connectivity index (χ1) is 13.1. The molecular formula is C21H23Cl2N3O. The number of hydrogen-bond acceptors (Lipinski definition) is 2. The van der Waals surface area contributed by atoms with E-state index in [4.69, 9.17) is 28.3 Å². The van der Waals surface area contributed by atoms with E-state index in [1.54, 1.807) is 6.07 Å². The fourth-order valence-electron chi connectivity index (χ4n) is 5.24. The molecular weight excluding hydrogens is 381 g/mol. The number of amides is 1. The van der Waals surface area contributed by atoms with Crippen LogP contribution in [-0.4, -0.2) is 21.7 Å². The number of carbonyl (C=O) groups excluding carboxylic acids is 1. The number of fused-ring (bicyclic) bond motifs is 5. The minimum Gasteiger partial charge on any atom is -0.348 e. The molecule has 5 rings (SSSR count). The topological polar surface area (TPSA) is 46.9 Å². The molecule has 0 aliphatic heterocycles. The average Bonchev–Trinajstić information content (AvgIpc) is 3.35. The van der Waals surface area contributed by atoms with Gasteiger partial charge in [-0.15, -0.1) is 0 Å². The molecule has 1 N–H and O–H groups in total. The number of carbonyl (C=O) groups is 1. The number of nitrogens with one attached hydrogen (secondary N) is 1. The molecule has 6 heteroatoms. The number of hydrogen-bond donors (Lipinski definition) is 1. The second kappa shape index (κ2) is 6.82. The summed E-state index contributed by atoms with van der Waals surface area (Å²) in [5.41, 5.74) is 3.75. The Morgan fingerprint density at radius 1 is 1.07 bits per heavy atom. The third kappa shape index (κ3) is 2.98. The average molecular weight is 404 g/mol. The van der Waals surface area contributed by atoms with Crippen molar-refractivity contribution in [3.05, 3.63) is 45.2 Å². The van der Waals surface area contributed by atoms with Crippen LogP contribution in [0.3, 0.4) is 0 Å².